The predicted molar refractivity (Wildman–Crippen MR) is 109 cm³/mol. The van der Waals surface area contributed by atoms with Crippen LogP contribution < -0.4 is 20.1 Å². The molecule has 2 N–H and O–H groups in total. The Labute approximate surface area is 173 Å². The van der Waals surface area contributed by atoms with Gasteiger partial charge in [-0.2, -0.15) is 0 Å². The van der Waals surface area contributed by atoms with E-state index in [0.29, 0.717) is 34.7 Å². The van der Waals surface area contributed by atoms with Gasteiger partial charge >= 0.3 is 0 Å². The van der Waals surface area contributed by atoms with Crippen LogP contribution in [0.25, 0.3) is 0 Å². The number of aryl methyl sites for hydroxylation is 2. The number of carbonyl (C=O) groups is 1. The fourth-order valence-electron chi connectivity index (χ4n) is 2.52. The van der Waals surface area contributed by atoms with Crippen molar-refractivity contribution in [3.63, 3.8) is 0 Å². The molecule has 0 unspecified atom stereocenters. The lowest BCUT2D eigenvalue weighted by molar-refractivity contribution is -0.118. The fourth-order valence-corrected chi connectivity index (χ4v) is 2.74. The molecule has 152 valence electrons. The summed E-state index contributed by atoms with van der Waals surface area (Å²) < 4.78 is 12.5. The van der Waals surface area contributed by atoms with Gasteiger partial charge in [0.05, 0.1) is 7.11 Å². The Morgan fingerprint density at radius 3 is 2.62 bits per heavy atom. The van der Waals surface area contributed by atoms with Crippen molar-refractivity contribution in [2.45, 2.75) is 13.5 Å². The van der Waals surface area contributed by atoms with Gasteiger partial charge in [-0.15, -0.1) is 0 Å². The molecule has 9 nitrogen and oxygen atoms in total. The van der Waals surface area contributed by atoms with Crippen molar-refractivity contribution in [2.24, 2.45) is 7.05 Å². The molecule has 0 fully saturated rings. The number of amides is 1. The molecule has 1 aromatic heterocycles. The molecule has 0 spiro atoms. The van der Waals surface area contributed by atoms with Crippen LogP contribution >= 0.6 is 11.6 Å². The maximum atomic E-state index is 12.1. The summed E-state index contributed by atoms with van der Waals surface area (Å²) >= 11 is 6.36. The number of nitrogens with zero attached hydrogens (tertiary/aromatic N) is 4. The highest BCUT2D eigenvalue weighted by molar-refractivity contribution is 6.31. The average molecular weight is 417 g/mol. The molecule has 1 amide bonds. The number of rotatable bonds is 8. The van der Waals surface area contributed by atoms with Gasteiger partial charge in [-0.1, -0.05) is 34.4 Å². The first-order valence-electron chi connectivity index (χ1n) is 8.78. The van der Waals surface area contributed by atoms with Gasteiger partial charge in [-0.3, -0.25) is 4.79 Å². The lowest BCUT2D eigenvalue weighted by Gasteiger charge is -2.14. The zero-order valence-corrected chi connectivity index (χ0v) is 17.0. The number of hydrogen-bond donors (Lipinski definition) is 2. The Morgan fingerprint density at radius 2 is 1.97 bits per heavy atom. The summed E-state index contributed by atoms with van der Waals surface area (Å²) in [6, 6.07) is 10.9. The second kappa shape index (κ2) is 9.24. The van der Waals surface area contributed by atoms with E-state index in [9.17, 15) is 4.79 Å². The van der Waals surface area contributed by atoms with Gasteiger partial charge in [-0.25, -0.2) is 4.68 Å². The normalized spacial score (nSPS) is 10.5. The summed E-state index contributed by atoms with van der Waals surface area (Å²) in [6.45, 7) is 2.19. The van der Waals surface area contributed by atoms with Crippen LogP contribution in [0.2, 0.25) is 5.02 Å². The largest absolute Gasteiger partial charge is 0.493 e. The van der Waals surface area contributed by atoms with E-state index >= 15 is 0 Å². The van der Waals surface area contributed by atoms with Crippen molar-refractivity contribution in [3.05, 3.63) is 52.5 Å². The quantitative estimate of drug-likeness (QED) is 0.581. The van der Waals surface area contributed by atoms with Gasteiger partial charge in [0.2, 0.25) is 5.95 Å². The molecule has 0 bridgehead atoms. The summed E-state index contributed by atoms with van der Waals surface area (Å²) in [4.78, 5) is 12.1. The summed E-state index contributed by atoms with van der Waals surface area (Å²) in [5, 5.41) is 17.5. The van der Waals surface area contributed by atoms with Crippen LogP contribution in [0, 0.1) is 6.92 Å². The van der Waals surface area contributed by atoms with Crippen molar-refractivity contribution < 1.29 is 14.3 Å². The SMILES string of the molecule is COc1cc(CNc2nnnn2C)c(Cl)cc1OCC(=O)Nc1ccc(C)cc1. The van der Waals surface area contributed by atoms with E-state index in [0.717, 1.165) is 11.1 Å². The molecule has 10 heteroatoms. The smallest absolute Gasteiger partial charge is 0.262 e. The molecule has 29 heavy (non-hydrogen) atoms. The maximum absolute atomic E-state index is 12.1. The number of tetrazole rings is 1. The number of anilines is 2. The molecular formula is C19H21ClN6O3. The van der Waals surface area contributed by atoms with Gasteiger partial charge in [0.1, 0.15) is 0 Å². The number of nitrogens with one attached hydrogen (secondary N) is 2. The van der Waals surface area contributed by atoms with Gasteiger partial charge in [0.25, 0.3) is 5.91 Å². The third-order valence-electron chi connectivity index (χ3n) is 4.08. The molecule has 0 atom stereocenters. The first-order chi connectivity index (χ1) is 14.0. The summed E-state index contributed by atoms with van der Waals surface area (Å²) in [6.07, 6.45) is 0. The number of hydrogen-bond acceptors (Lipinski definition) is 7. The number of ether oxygens (including phenoxy) is 2. The predicted octanol–water partition coefficient (Wildman–Crippen LogP) is 2.81. The van der Waals surface area contributed by atoms with Crippen LogP contribution in [0.15, 0.2) is 36.4 Å². The van der Waals surface area contributed by atoms with E-state index in [1.165, 1.54) is 11.8 Å². The Hall–Kier alpha value is -3.33. The van der Waals surface area contributed by atoms with Crippen LogP contribution in [-0.4, -0.2) is 39.8 Å². The molecule has 0 aliphatic carbocycles. The summed E-state index contributed by atoms with van der Waals surface area (Å²) in [7, 11) is 3.25. The summed E-state index contributed by atoms with van der Waals surface area (Å²) in [5.74, 6) is 1.06. The third kappa shape index (κ3) is 5.35. The monoisotopic (exact) mass is 416 g/mol. The Morgan fingerprint density at radius 1 is 1.21 bits per heavy atom. The summed E-state index contributed by atoms with van der Waals surface area (Å²) in [5.41, 5.74) is 2.58. The molecule has 0 aliphatic heterocycles. The van der Waals surface area contributed by atoms with E-state index in [2.05, 4.69) is 26.2 Å². The van der Waals surface area contributed by atoms with Crippen molar-refractivity contribution in [1.29, 1.82) is 0 Å². The Balaban J connectivity index is 1.63. The highest BCUT2D eigenvalue weighted by Gasteiger charge is 2.13. The molecule has 3 rings (SSSR count). The van der Waals surface area contributed by atoms with Crippen LogP contribution in [0.4, 0.5) is 11.6 Å². The topological polar surface area (TPSA) is 103 Å². The Bertz CT molecular complexity index is 990. The van der Waals surface area contributed by atoms with Gasteiger partial charge in [0.15, 0.2) is 18.1 Å². The molecule has 0 saturated heterocycles. The fraction of sp³-hybridized carbons (Fsp3) is 0.263. The molecule has 0 radical (unpaired) electrons. The molecule has 2 aromatic carbocycles. The highest BCUT2D eigenvalue weighted by Crippen LogP contribution is 2.33. The van der Waals surface area contributed by atoms with Gasteiger partial charge in [0, 0.05) is 30.4 Å². The van der Waals surface area contributed by atoms with Gasteiger partial charge < -0.3 is 20.1 Å². The third-order valence-corrected chi connectivity index (χ3v) is 4.44. The van der Waals surface area contributed by atoms with E-state index in [-0.39, 0.29) is 12.5 Å². The number of benzene rings is 2. The van der Waals surface area contributed by atoms with Crippen molar-refractivity contribution in [3.8, 4) is 11.5 Å². The van der Waals surface area contributed by atoms with Crippen LogP contribution in [0.3, 0.4) is 0 Å². The van der Waals surface area contributed by atoms with Crippen molar-refractivity contribution in [1.82, 2.24) is 20.2 Å². The number of aromatic nitrogens is 4. The minimum absolute atomic E-state index is 0.178. The van der Waals surface area contributed by atoms with E-state index in [1.54, 1.807) is 19.2 Å². The first-order valence-corrected chi connectivity index (χ1v) is 9.16. The number of methoxy groups -OCH3 is 1. The minimum atomic E-state index is -0.285. The minimum Gasteiger partial charge on any atom is -0.493 e. The maximum Gasteiger partial charge on any atom is 0.262 e. The standard InChI is InChI=1S/C19H21ClN6O3/c1-12-4-6-14(7-5-12)22-18(27)11-29-17-9-15(20)13(8-16(17)28-3)10-21-19-23-24-25-26(19)2/h4-9H,10-11H2,1-3H3,(H,22,27)(H,21,23,25). The van der Waals surface area contributed by atoms with E-state index < -0.39 is 0 Å². The molecule has 0 aliphatic rings. The van der Waals surface area contributed by atoms with E-state index in [1.807, 2.05) is 31.2 Å². The molecule has 1 heterocycles. The van der Waals surface area contributed by atoms with Crippen LogP contribution in [0.1, 0.15) is 11.1 Å². The van der Waals surface area contributed by atoms with Gasteiger partial charge in [-0.05, 0) is 41.1 Å². The first kappa shape index (κ1) is 20.4. The van der Waals surface area contributed by atoms with Crippen molar-refractivity contribution in [2.75, 3.05) is 24.4 Å². The molecule has 3 aromatic rings. The van der Waals surface area contributed by atoms with E-state index in [4.69, 9.17) is 21.1 Å². The molecule has 0 saturated carbocycles. The second-order valence-electron chi connectivity index (χ2n) is 6.28. The molecular weight excluding hydrogens is 396 g/mol. The lowest BCUT2D eigenvalue weighted by atomic mass is 10.2. The van der Waals surface area contributed by atoms with Crippen LogP contribution in [0.5, 0.6) is 11.5 Å². The van der Waals surface area contributed by atoms with Crippen LogP contribution in [-0.2, 0) is 18.4 Å². The number of halogens is 1. The second-order valence-corrected chi connectivity index (χ2v) is 6.68. The zero-order valence-electron chi connectivity index (χ0n) is 16.3. The zero-order chi connectivity index (χ0) is 20.8. The Kier molecular flexibility index (Phi) is 6.50. The highest BCUT2D eigenvalue weighted by atomic mass is 35.5. The average Bonchev–Trinajstić information content (AvgIpc) is 3.12. The van der Waals surface area contributed by atoms with Crippen molar-refractivity contribution >= 4 is 29.1 Å². The lowest BCUT2D eigenvalue weighted by Crippen LogP contribution is -2.20. The number of carbonyl (C=O) groups excluding carboxylic acids is 1.